The number of carbonyl (C=O) groups excluding carboxylic acids is 2. The molecule has 0 radical (unpaired) electrons. The van der Waals surface area contributed by atoms with Crippen LogP contribution >= 0.6 is 0 Å². The van der Waals surface area contributed by atoms with Gasteiger partial charge >= 0.3 is 18.3 Å². The molecule has 0 fully saturated rings. The van der Waals surface area contributed by atoms with Crippen LogP contribution in [0.5, 0.6) is 0 Å². The number of alkyl carbamates (subject to hydrolysis) is 2. The molecule has 2 atom stereocenters. The van der Waals surface area contributed by atoms with Crippen molar-refractivity contribution in [3.05, 3.63) is 0 Å². The summed E-state index contributed by atoms with van der Waals surface area (Å²) in [6, 6.07) is -0.102. The van der Waals surface area contributed by atoms with Gasteiger partial charge in [-0.05, 0) is 93.2 Å². The zero-order valence-corrected chi connectivity index (χ0v) is 23.2. The van der Waals surface area contributed by atoms with E-state index in [4.69, 9.17) is 9.47 Å². The molecule has 0 aliphatic rings. The van der Waals surface area contributed by atoms with Crippen molar-refractivity contribution in [2.75, 3.05) is 26.2 Å². The lowest BCUT2D eigenvalue weighted by atomic mass is 10.1. The van der Waals surface area contributed by atoms with Crippen molar-refractivity contribution in [1.29, 1.82) is 0 Å². The number of nitrogens with zero attached hydrogens (tertiary/aromatic N) is 1. The van der Waals surface area contributed by atoms with E-state index in [1.165, 1.54) is 4.90 Å². The molecular weight excluding hydrogens is 452 g/mol. The lowest BCUT2D eigenvalue weighted by molar-refractivity contribution is 0.0486. The molecule has 3 amide bonds. The quantitative estimate of drug-likeness (QED) is 0.238. The lowest BCUT2D eigenvalue weighted by Crippen LogP contribution is -2.41. The Hall–Kier alpha value is -2.23. The van der Waals surface area contributed by atoms with Gasteiger partial charge in [0.05, 0.1) is 0 Å². The van der Waals surface area contributed by atoms with Crippen molar-refractivity contribution in [1.82, 2.24) is 20.9 Å². The van der Waals surface area contributed by atoms with Crippen LogP contribution in [0, 0.1) is 0 Å². The van der Waals surface area contributed by atoms with Gasteiger partial charge in [-0.3, -0.25) is 0 Å². The fourth-order valence-corrected chi connectivity index (χ4v) is 3.27. The number of nitrogens with one attached hydrogen (secondary N) is 3. The molecule has 2 unspecified atom stereocenters. The first-order valence-electron chi connectivity index (χ1n) is 12.8. The van der Waals surface area contributed by atoms with Crippen molar-refractivity contribution in [3.63, 3.8) is 0 Å². The summed E-state index contributed by atoms with van der Waals surface area (Å²) in [5, 5.41) is 18.6. The van der Waals surface area contributed by atoms with Crippen molar-refractivity contribution < 1.29 is 29.0 Å². The van der Waals surface area contributed by atoms with Crippen LogP contribution in [-0.2, 0) is 9.47 Å². The Morgan fingerprint density at radius 3 is 1.69 bits per heavy atom. The molecule has 0 aliphatic carbocycles. The second kappa shape index (κ2) is 16.4. The molecule has 10 nitrogen and oxygen atoms in total. The third-order valence-electron chi connectivity index (χ3n) is 5.15. The van der Waals surface area contributed by atoms with Gasteiger partial charge < -0.3 is 35.4 Å². The molecule has 4 N–H and O–H groups in total. The minimum atomic E-state index is -0.955. The van der Waals surface area contributed by atoms with Gasteiger partial charge in [0.2, 0.25) is 0 Å². The average Bonchev–Trinajstić information content (AvgIpc) is 2.70. The van der Waals surface area contributed by atoms with Gasteiger partial charge in [-0.25, -0.2) is 14.4 Å². The number of rotatable bonds is 15. The molecule has 0 aromatic rings. The molecular formula is C25H50N4O6. The zero-order valence-electron chi connectivity index (χ0n) is 23.2. The topological polar surface area (TPSA) is 129 Å². The second-order valence-electron chi connectivity index (χ2n) is 10.8. The number of carbonyl (C=O) groups is 3. The highest BCUT2D eigenvalue weighted by Crippen LogP contribution is 2.10. The third kappa shape index (κ3) is 18.7. The summed E-state index contributed by atoms with van der Waals surface area (Å²) in [6.07, 6.45) is 2.58. The van der Waals surface area contributed by atoms with Crippen LogP contribution in [0.15, 0.2) is 0 Å². The van der Waals surface area contributed by atoms with E-state index in [1.54, 1.807) is 20.8 Å². The van der Waals surface area contributed by atoms with Crippen LogP contribution in [0.1, 0.15) is 93.9 Å². The molecule has 206 valence electrons. The van der Waals surface area contributed by atoms with Gasteiger partial charge in [-0.1, -0.05) is 13.8 Å². The third-order valence-corrected chi connectivity index (χ3v) is 5.15. The molecule has 0 bridgehead atoms. The van der Waals surface area contributed by atoms with Gasteiger partial charge in [0, 0.05) is 25.2 Å². The molecule has 0 saturated heterocycles. The van der Waals surface area contributed by atoms with Gasteiger partial charge in [-0.15, -0.1) is 0 Å². The maximum absolute atomic E-state index is 12.0. The standard InChI is InChI=1S/C25H50N4O6/c1-9-19(27-21(30)34-24(3,4)5)13-16-26-15-11-12-17-29(23(32)33)18-14-20(10-2)28-22(31)35-25(6,7)8/h19-20,26H,9-18H2,1-8H3,(H,27,30)(H,28,31)(H,32,33). The number of hydrogen-bond acceptors (Lipinski definition) is 6. The predicted molar refractivity (Wildman–Crippen MR) is 138 cm³/mol. The van der Waals surface area contributed by atoms with E-state index in [1.807, 2.05) is 34.6 Å². The Labute approximate surface area is 211 Å². The highest BCUT2D eigenvalue weighted by Gasteiger charge is 2.21. The van der Waals surface area contributed by atoms with Crippen molar-refractivity contribution in [2.45, 2.75) is 117 Å². The molecule has 10 heteroatoms. The Kier molecular flexibility index (Phi) is 15.4. The summed E-state index contributed by atoms with van der Waals surface area (Å²) in [5.41, 5.74) is -1.09. The van der Waals surface area contributed by atoms with E-state index in [2.05, 4.69) is 16.0 Å². The monoisotopic (exact) mass is 502 g/mol. The molecule has 0 rings (SSSR count). The fourth-order valence-electron chi connectivity index (χ4n) is 3.27. The molecule has 0 aromatic carbocycles. The summed E-state index contributed by atoms with van der Waals surface area (Å²) < 4.78 is 10.6. The molecule has 0 aromatic heterocycles. The molecule has 0 spiro atoms. The Morgan fingerprint density at radius 2 is 1.26 bits per heavy atom. The van der Waals surface area contributed by atoms with Crippen LogP contribution < -0.4 is 16.0 Å². The number of amides is 3. The number of hydrogen-bond donors (Lipinski definition) is 4. The van der Waals surface area contributed by atoms with E-state index >= 15 is 0 Å². The summed E-state index contributed by atoms with van der Waals surface area (Å²) in [4.78, 5) is 36.9. The van der Waals surface area contributed by atoms with Gasteiger partial charge in [0.1, 0.15) is 11.2 Å². The molecule has 35 heavy (non-hydrogen) atoms. The Morgan fingerprint density at radius 1 is 0.771 bits per heavy atom. The van der Waals surface area contributed by atoms with Gasteiger partial charge in [-0.2, -0.15) is 0 Å². The van der Waals surface area contributed by atoms with Crippen LogP contribution in [0.25, 0.3) is 0 Å². The SMILES string of the molecule is CCC(CCNCCCCN(CCC(CC)NC(=O)OC(C)(C)C)C(=O)O)NC(=O)OC(C)(C)C. The van der Waals surface area contributed by atoms with E-state index < -0.39 is 29.5 Å². The lowest BCUT2D eigenvalue weighted by Gasteiger charge is -2.25. The first-order valence-corrected chi connectivity index (χ1v) is 12.8. The minimum absolute atomic E-state index is 0.0423. The normalized spacial score (nSPS) is 13.5. The van der Waals surface area contributed by atoms with E-state index in [0.29, 0.717) is 25.9 Å². The summed E-state index contributed by atoms with van der Waals surface area (Å²) in [7, 11) is 0. The van der Waals surface area contributed by atoms with Crippen molar-refractivity contribution >= 4 is 18.3 Å². The van der Waals surface area contributed by atoms with Crippen molar-refractivity contribution in [2.24, 2.45) is 0 Å². The Bertz CT molecular complexity index is 630. The van der Waals surface area contributed by atoms with Gasteiger partial charge in [0.25, 0.3) is 0 Å². The van der Waals surface area contributed by atoms with E-state index in [9.17, 15) is 19.5 Å². The zero-order chi connectivity index (χ0) is 27.1. The predicted octanol–water partition coefficient (Wildman–Crippen LogP) is 4.72. The van der Waals surface area contributed by atoms with E-state index in [0.717, 1.165) is 38.8 Å². The Balaban J connectivity index is 4.20. The van der Waals surface area contributed by atoms with Gasteiger partial charge in [0.15, 0.2) is 0 Å². The largest absolute Gasteiger partial charge is 0.465 e. The number of ether oxygens (including phenoxy) is 2. The average molecular weight is 503 g/mol. The number of unbranched alkanes of at least 4 members (excludes halogenated alkanes) is 1. The maximum Gasteiger partial charge on any atom is 0.407 e. The summed E-state index contributed by atoms with van der Waals surface area (Å²) >= 11 is 0. The highest BCUT2D eigenvalue weighted by atomic mass is 16.6. The molecule has 0 aliphatic heterocycles. The highest BCUT2D eigenvalue weighted by molar-refractivity contribution is 5.68. The van der Waals surface area contributed by atoms with E-state index in [-0.39, 0.29) is 12.1 Å². The minimum Gasteiger partial charge on any atom is -0.465 e. The number of carboxylic acid groups (broad SMARTS) is 1. The van der Waals surface area contributed by atoms with Crippen LogP contribution in [-0.4, -0.2) is 77.8 Å². The van der Waals surface area contributed by atoms with Crippen molar-refractivity contribution in [3.8, 4) is 0 Å². The fraction of sp³-hybridized carbons (Fsp3) is 0.880. The molecule has 0 saturated carbocycles. The smallest absolute Gasteiger partial charge is 0.407 e. The van der Waals surface area contributed by atoms with Crippen LogP contribution in [0.4, 0.5) is 14.4 Å². The second-order valence-corrected chi connectivity index (χ2v) is 10.8. The van der Waals surface area contributed by atoms with Crippen LogP contribution in [0.3, 0.4) is 0 Å². The summed E-state index contributed by atoms with van der Waals surface area (Å²) in [5.74, 6) is 0. The van der Waals surface area contributed by atoms with Crippen LogP contribution in [0.2, 0.25) is 0 Å². The first kappa shape index (κ1) is 32.8. The maximum atomic E-state index is 12.0. The molecule has 0 heterocycles. The first-order chi connectivity index (χ1) is 16.2. The summed E-state index contributed by atoms with van der Waals surface area (Å²) in [6.45, 7) is 17.2.